The summed E-state index contributed by atoms with van der Waals surface area (Å²) in [5.74, 6) is -0.965. The van der Waals surface area contributed by atoms with Crippen molar-refractivity contribution in [3.63, 3.8) is 0 Å². The normalized spacial score (nSPS) is 10.3. The lowest BCUT2D eigenvalue weighted by atomic mass is 10.3. The number of nitrogens with one attached hydrogen (secondary N) is 1. The quantitative estimate of drug-likeness (QED) is 0.659. The molecule has 0 unspecified atom stereocenters. The van der Waals surface area contributed by atoms with E-state index in [4.69, 9.17) is 16.3 Å². The predicted molar refractivity (Wildman–Crippen MR) is 70.5 cm³/mol. The molecule has 0 spiro atoms. The fourth-order valence-corrected chi connectivity index (χ4v) is 1.33. The molecule has 0 aliphatic rings. The first-order valence-electron chi connectivity index (χ1n) is 5.51. The third-order valence-electron chi connectivity index (χ3n) is 1.98. The zero-order valence-corrected chi connectivity index (χ0v) is 10.7. The van der Waals surface area contributed by atoms with Gasteiger partial charge in [-0.25, -0.2) is 4.79 Å². The maximum atomic E-state index is 11.5. The van der Waals surface area contributed by atoms with Crippen LogP contribution in [0.1, 0.15) is 13.3 Å². The number of hydrogen-bond donors (Lipinski definition) is 1. The number of esters is 1. The van der Waals surface area contributed by atoms with Crippen molar-refractivity contribution in [2.24, 2.45) is 0 Å². The molecule has 0 fully saturated rings. The standard InChI is InChI=1S/C13H14ClNO3/c1-2-3-8-13(17)18-9-12(16)15-11-7-5-4-6-10(11)14/h3-8H,2,9H2,1H3,(H,15,16)/b8-3+. The largest absolute Gasteiger partial charge is 0.452 e. The summed E-state index contributed by atoms with van der Waals surface area (Å²) in [6, 6.07) is 6.83. The van der Waals surface area contributed by atoms with Crippen LogP contribution >= 0.6 is 11.6 Å². The van der Waals surface area contributed by atoms with Crippen LogP contribution in [0.4, 0.5) is 5.69 Å². The molecule has 0 saturated heterocycles. The molecule has 96 valence electrons. The second kappa shape index (κ2) is 7.50. The van der Waals surface area contributed by atoms with Crippen LogP contribution in [0.15, 0.2) is 36.4 Å². The monoisotopic (exact) mass is 267 g/mol. The van der Waals surface area contributed by atoms with E-state index in [0.717, 1.165) is 6.42 Å². The van der Waals surface area contributed by atoms with E-state index in [1.165, 1.54) is 6.08 Å². The van der Waals surface area contributed by atoms with Gasteiger partial charge in [0.1, 0.15) is 0 Å². The van der Waals surface area contributed by atoms with Gasteiger partial charge in [-0.15, -0.1) is 0 Å². The van der Waals surface area contributed by atoms with Crippen LogP contribution in [0.2, 0.25) is 5.02 Å². The number of rotatable bonds is 5. The van der Waals surface area contributed by atoms with Crippen LogP contribution in [0.3, 0.4) is 0 Å². The number of para-hydroxylation sites is 1. The van der Waals surface area contributed by atoms with Crippen LogP contribution in [-0.2, 0) is 14.3 Å². The van der Waals surface area contributed by atoms with E-state index in [2.05, 4.69) is 5.32 Å². The number of halogens is 1. The Morgan fingerprint density at radius 2 is 2.11 bits per heavy atom. The highest BCUT2D eigenvalue weighted by molar-refractivity contribution is 6.33. The summed E-state index contributed by atoms with van der Waals surface area (Å²) in [7, 11) is 0. The van der Waals surface area contributed by atoms with Gasteiger partial charge in [0.15, 0.2) is 6.61 Å². The Bertz CT molecular complexity index is 457. The summed E-state index contributed by atoms with van der Waals surface area (Å²) < 4.78 is 4.74. The van der Waals surface area contributed by atoms with Crippen molar-refractivity contribution < 1.29 is 14.3 Å². The Morgan fingerprint density at radius 1 is 1.39 bits per heavy atom. The van der Waals surface area contributed by atoms with Crippen molar-refractivity contribution in [3.05, 3.63) is 41.4 Å². The zero-order valence-electron chi connectivity index (χ0n) is 9.98. The number of amides is 1. The van der Waals surface area contributed by atoms with Crippen LogP contribution in [-0.4, -0.2) is 18.5 Å². The molecule has 4 nitrogen and oxygen atoms in total. The molecule has 0 radical (unpaired) electrons. The second-order valence-corrected chi connectivity index (χ2v) is 3.85. The summed E-state index contributed by atoms with van der Waals surface area (Å²) >= 11 is 5.87. The highest BCUT2D eigenvalue weighted by Crippen LogP contribution is 2.20. The lowest BCUT2D eigenvalue weighted by molar-refractivity contribution is -0.142. The molecule has 1 N–H and O–H groups in total. The summed E-state index contributed by atoms with van der Waals surface area (Å²) in [4.78, 5) is 22.6. The summed E-state index contributed by atoms with van der Waals surface area (Å²) in [6.07, 6.45) is 3.69. The van der Waals surface area contributed by atoms with Gasteiger partial charge in [-0.2, -0.15) is 0 Å². The predicted octanol–water partition coefficient (Wildman–Crippen LogP) is 2.79. The molecule has 0 aliphatic carbocycles. The molecule has 0 saturated carbocycles. The van der Waals surface area contributed by atoms with Crippen molar-refractivity contribution in [2.45, 2.75) is 13.3 Å². The van der Waals surface area contributed by atoms with E-state index in [1.807, 2.05) is 6.92 Å². The molecule has 0 aliphatic heterocycles. The van der Waals surface area contributed by atoms with Crippen molar-refractivity contribution in [1.82, 2.24) is 0 Å². The van der Waals surface area contributed by atoms with E-state index in [9.17, 15) is 9.59 Å². The smallest absolute Gasteiger partial charge is 0.330 e. The number of ether oxygens (including phenoxy) is 1. The van der Waals surface area contributed by atoms with Gasteiger partial charge in [0.05, 0.1) is 10.7 Å². The van der Waals surface area contributed by atoms with Crippen molar-refractivity contribution >= 4 is 29.2 Å². The van der Waals surface area contributed by atoms with Gasteiger partial charge < -0.3 is 10.1 Å². The number of hydrogen-bond acceptors (Lipinski definition) is 3. The Hall–Kier alpha value is -1.81. The molecule has 1 amide bonds. The SMILES string of the molecule is CC/C=C/C(=O)OCC(=O)Nc1ccccc1Cl. The van der Waals surface area contributed by atoms with E-state index in [1.54, 1.807) is 30.3 Å². The number of carbonyl (C=O) groups is 2. The molecule has 18 heavy (non-hydrogen) atoms. The van der Waals surface area contributed by atoms with Gasteiger partial charge in [-0.05, 0) is 18.6 Å². The first-order valence-corrected chi connectivity index (χ1v) is 5.89. The fourth-order valence-electron chi connectivity index (χ4n) is 1.15. The number of anilines is 1. The summed E-state index contributed by atoms with van der Waals surface area (Å²) in [5, 5.41) is 2.98. The minimum atomic E-state index is -0.536. The van der Waals surface area contributed by atoms with Gasteiger partial charge in [0.2, 0.25) is 0 Å². The van der Waals surface area contributed by atoms with Crippen molar-refractivity contribution in [3.8, 4) is 0 Å². The van der Waals surface area contributed by atoms with E-state index in [0.29, 0.717) is 10.7 Å². The van der Waals surface area contributed by atoms with Crippen LogP contribution < -0.4 is 5.32 Å². The van der Waals surface area contributed by atoms with E-state index in [-0.39, 0.29) is 6.61 Å². The molecule has 0 aromatic heterocycles. The average molecular weight is 268 g/mol. The molecular weight excluding hydrogens is 254 g/mol. The molecule has 1 aromatic carbocycles. The van der Waals surface area contributed by atoms with Crippen LogP contribution in [0.25, 0.3) is 0 Å². The van der Waals surface area contributed by atoms with Gasteiger partial charge in [-0.1, -0.05) is 36.7 Å². The summed E-state index contributed by atoms with van der Waals surface area (Å²) in [6.45, 7) is 1.56. The highest BCUT2D eigenvalue weighted by Gasteiger charge is 2.07. The van der Waals surface area contributed by atoms with Gasteiger partial charge in [-0.3, -0.25) is 4.79 Å². The van der Waals surface area contributed by atoms with Gasteiger partial charge in [0, 0.05) is 6.08 Å². The van der Waals surface area contributed by atoms with Crippen molar-refractivity contribution in [1.29, 1.82) is 0 Å². The Balaban J connectivity index is 2.41. The average Bonchev–Trinajstić information content (AvgIpc) is 2.36. The summed E-state index contributed by atoms with van der Waals surface area (Å²) in [5.41, 5.74) is 0.490. The first-order chi connectivity index (χ1) is 8.63. The molecular formula is C13H14ClNO3. The molecule has 1 aromatic rings. The van der Waals surface area contributed by atoms with Gasteiger partial charge >= 0.3 is 5.97 Å². The molecule has 0 atom stereocenters. The molecule has 0 heterocycles. The van der Waals surface area contributed by atoms with Crippen molar-refractivity contribution in [2.75, 3.05) is 11.9 Å². The minimum Gasteiger partial charge on any atom is -0.452 e. The second-order valence-electron chi connectivity index (χ2n) is 3.45. The molecule has 5 heteroatoms. The van der Waals surface area contributed by atoms with Crippen LogP contribution in [0.5, 0.6) is 0 Å². The first kappa shape index (κ1) is 14.3. The highest BCUT2D eigenvalue weighted by atomic mass is 35.5. The third-order valence-corrected chi connectivity index (χ3v) is 2.31. The Labute approximate surface area is 111 Å². The fraction of sp³-hybridized carbons (Fsp3) is 0.231. The third kappa shape index (κ3) is 5.01. The lowest BCUT2D eigenvalue weighted by Crippen LogP contribution is -2.20. The maximum Gasteiger partial charge on any atom is 0.330 e. The topological polar surface area (TPSA) is 55.4 Å². The molecule has 0 bridgehead atoms. The number of benzene rings is 1. The lowest BCUT2D eigenvalue weighted by Gasteiger charge is -2.06. The zero-order chi connectivity index (χ0) is 13.4. The Morgan fingerprint density at radius 3 is 2.78 bits per heavy atom. The maximum absolute atomic E-state index is 11.5. The van der Waals surface area contributed by atoms with Gasteiger partial charge in [0.25, 0.3) is 5.91 Å². The number of allylic oxidation sites excluding steroid dienone is 1. The Kier molecular flexibility index (Phi) is 5.94. The van der Waals surface area contributed by atoms with Crippen LogP contribution in [0, 0.1) is 0 Å². The van der Waals surface area contributed by atoms with E-state index >= 15 is 0 Å². The minimum absolute atomic E-state index is 0.335. The number of carbonyl (C=O) groups excluding carboxylic acids is 2. The molecule has 1 rings (SSSR count). The van der Waals surface area contributed by atoms with E-state index < -0.39 is 11.9 Å².